The SMILES string of the molecule is c1ccc(Cn2cc(-n3cccc3)cn2)nc1. The van der Waals surface area contributed by atoms with Crippen molar-refractivity contribution in [1.29, 1.82) is 0 Å². The first kappa shape index (κ1) is 9.84. The summed E-state index contributed by atoms with van der Waals surface area (Å²) < 4.78 is 3.92. The molecule has 0 N–H and O–H groups in total. The molecule has 17 heavy (non-hydrogen) atoms. The maximum Gasteiger partial charge on any atom is 0.0833 e. The van der Waals surface area contributed by atoms with Crippen LogP contribution in [0.3, 0.4) is 0 Å². The Morgan fingerprint density at radius 3 is 2.71 bits per heavy atom. The maximum absolute atomic E-state index is 4.32. The van der Waals surface area contributed by atoms with Gasteiger partial charge in [0.2, 0.25) is 0 Å². The fourth-order valence-electron chi connectivity index (χ4n) is 1.74. The van der Waals surface area contributed by atoms with Crippen LogP contribution in [0.1, 0.15) is 5.69 Å². The van der Waals surface area contributed by atoms with Crippen LogP contribution in [0.5, 0.6) is 0 Å². The summed E-state index contributed by atoms with van der Waals surface area (Å²) in [7, 11) is 0. The molecule has 0 aliphatic carbocycles. The van der Waals surface area contributed by atoms with Gasteiger partial charge in [-0.2, -0.15) is 5.10 Å². The van der Waals surface area contributed by atoms with E-state index >= 15 is 0 Å². The summed E-state index contributed by atoms with van der Waals surface area (Å²) in [6.45, 7) is 0.697. The second kappa shape index (κ2) is 4.25. The number of hydrogen-bond donors (Lipinski definition) is 0. The van der Waals surface area contributed by atoms with Crippen molar-refractivity contribution in [3.63, 3.8) is 0 Å². The molecule has 3 aromatic heterocycles. The van der Waals surface area contributed by atoms with E-state index in [9.17, 15) is 0 Å². The van der Waals surface area contributed by atoms with Crippen LogP contribution in [-0.4, -0.2) is 19.3 Å². The first-order chi connectivity index (χ1) is 8.42. The topological polar surface area (TPSA) is 35.6 Å². The minimum Gasteiger partial charge on any atom is -0.321 e. The summed E-state index contributed by atoms with van der Waals surface area (Å²) in [6.07, 6.45) is 9.66. The summed E-state index contributed by atoms with van der Waals surface area (Å²) in [6, 6.07) is 9.89. The van der Waals surface area contributed by atoms with Gasteiger partial charge in [0.15, 0.2) is 0 Å². The predicted octanol–water partition coefficient (Wildman–Crippen LogP) is 2.12. The lowest BCUT2D eigenvalue weighted by Gasteiger charge is -2.00. The smallest absolute Gasteiger partial charge is 0.0833 e. The van der Waals surface area contributed by atoms with Crippen molar-refractivity contribution in [1.82, 2.24) is 19.3 Å². The molecule has 0 spiro atoms. The molecule has 0 aliphatic heterocycles. The molecule has 0 amide bonds. The Hall–Kier alpha value is -2.36. The highest BCUT2D eigenvalue weighted by Crippen LogP contribution is 2.07. The molecule has 0 radical (unpaired) electrons. The van der Waals surface area contributed by atoms with E-state index in [4.69, 9.17) is 0 Å². The third kappa shape index (κ3) is 2.10. The zero-order chi connectivity index (χ0) is 11.5. The Bertz CT molecular complexity index is 581. The van der Waals surface area contributed by atoms with Crippen LogP contribution in [-0.2, 0) is 6.54 Å². The lowest BCUT2D eigenvalue weighted by atomic mass is 10.3. The van der Waals surface area contributed by atoms with Crippen LogP contribution in [0.25, 0.3) is 5.69 Å². The third-order valence-electron chi connectivity index (χ3n) is 2.57. The van der Waals surface area contributed by atoms with E-state index in [0.29, 0.717) is 6.54 Å². The van der Waals surface area contributed by atoms with Crippen LogP contribution in [0.2, 0.25) is 0 Å². The average Bonchev–Trinajstić information content (AvgIpc) is 3.00. The molecule has 3 aromatic rings. The van der Waals surface area contributed by atoms with Gasteiger partial charge in [-0.1, -0.05) is 6.07 Å². The molecule has 0 bridgehead atoms. The van der Waals surface area contributed by atoms with Gasteiger partial charge in [-0.05, 0) is 24.3 Å². The minimum absolute atomic E-state index is 0.697. The molecular formula is C13H12N4. The van der Waals surface area contributed by atoms with Crippen molar-refractivity contribution in [3.8, 4) is 5.69 Å². The second-order valence-corrected chi connectivity index (χ2v) is 3.81. The highest BCUT2D eigenvalue weighted by molar-refractivity contribution is 5.26. The quantitative estimate of drug-likeness (QED) is 0.683. The van der Waals surface area contributed by atoms with Gasteiger partial charge < -0.3 is 4.57 Å². The number of rotatable bonds is 3. The highest BCUT2D eigenvalue weighted by atomic mass is 15.3. The van der Waals surface area contributed by atoms with Gasteiger partial charge in [-0.3, -0.25) is 9.67 Å². The lowest BCUT2D eigenvalue weighted by molar-refractivity contribution is 0.672. The number of nitrogens with zero attached hydrogens (tertiary/aromatic N) is 4. The Morgan fingerprint density at radius 2 is 1.94 bits per heavy atom. The normalized spacial score (nSPS) is 10.6. The van der Waals surface area contributed by atoms with Gasteiger partial charge in [-0.15, -0.1) is 0 Å². The van der Waals surface area contributed by atoms with E-state index in [1.165, 1.54) is 0 Å². The number of hydrogen-bond acceptors (Lipinski definition) is 2. The molecule has 3 rings (SSSR count). The lowest BCUT2D eigenvalue weighted by Crippen LogP contribution is -2.01. The summed E-state index contributed by atoms with van der Waals surface area (Å²) in [5.74, 6) is 0. The molecular weight excluding hydrogens is 212 g/mol. The van der Waals surface area contributed by atoms with Gasteiger partial charge >= 0.3 is 0 Å². The average molecular weight is 224 g/mol. The number of aromatic nitrogens is 4. The second-order valence-electron chi connectivity index (χ2n) is 3.81. The standard InChI is InChI=1S/C13H12N4/c1-2-6-14-12(5-1)10-17-11-13(9-15-17)16-7-3-4-8-16/h1-9,11H,10H2. The first-order valence-corrected chi connectivity index (χ1v) is 5.47. The molecule has 3 heterocycles. The summed E-state index contributed by atoms with van der Waals surface area (Å²) in [4.78, 5) is 4.28. The Labute approximate surface area is 99.2 Å². The van der Waals surface area contributed by atoms with E-state index in [1.807, 2.05) is 64.4 Å². The zero-order valence-electron chi connectivity index (χ0n) is 9.27. The zero-order valence-corrected chi connectivity index (χ0v) is 9.27. The molecule has 4 nitrogen and oxygen atoms in total. The van der Waals surface area contributed by atoms with E-state index in [0.717, 1.165) is 11.4 Å². The molecule has 0 aromatic carbocycles. The predicted molar refractivity (Wildman–Crippen MR) is 64.9 cm³/mol. The van der Waals surface area contributed by atoms with Crippen LogP contribution < -0.4 is 0 Å². The van der Waals surface area contributed by atoms with E-state index in [2.05, 4.69) is 10.1 Å². The minimum atomic E-state index is 0.697. The molecule has 0 aliphatic rings. The van der Waals surface area contributed by atoms with Crippen LogP contribution in [0.4, 0.5) is 0 Å². The largest absolute Gasteiger partial charge is 0.321 e. The summed E-state index contributed by atoms with van der Waals surface area (Å²) >= 11 is 0. The van der Waals surface area contributed by atoms with E-state index in [-0.39, 0.29) is 0 Å². The van der Waals surface area contributed by atoms with Crippen LogP contribution >= 0.6 is 0 Å². The Kier molecular flexibility index (Phi) is 2.46. The highest BCUT2D eigenvalue weighted by Gasteiger charge is 2.00. The van der Waals surface area contributed by atoms with Crippen molar-refractivity contribution in [3.05, 3.63) is 67.0 Å². The van der Waals surface area contributed by atoms with Crippen molar-refractivity contribution in [2.75, 3.05) is 0 Å². The third-order valence-corrected chi connectivity index (χ3v) is 2.57. The molecule has 0 unspecified atom stereocenters. The Balaban J connectivity index is 1.82. The molecule has 84 valence electrons. The molecule has 0 atom stereocenters. The maximum atomic E-state index is 4.32. The van der Waals surface area contributed by atoms with E-state index < -0.39 is 0 Å². The van der Waals surface area contributed by atoms with Gasteiger partial charge in [0.25, 0.3) is 0 Å². The molecule has 0 fully saturated rings. The van der Waals surface area contributed by atoms with Crippen molar-refractivity contribution in [2.24, 2.45) is 0 Å². The monoisotopic (exact) mass is 224 g/mol. The molecule has 0 saturated heterocycles. The molecule has 0 saturated carbocycles. The Morgan fingerprint density at radius 1 is 1.06 bits per heavy atom. The van der Waals surface area contributed by atoms with Crippen molar-refractivity contribution >= 4 is 0 Å². The van der Waals surface area contributed by atoms with Crippen LogP contribution in [0, 0.1) is 0 Å². The summed E-state index contributed by atoms with van der Waals surface area (Å²) in [5.41, 5.74) is 2.07. The summed E-state index contributed by atoms with van der Waals surface area (Å²) in [5, 5.41) is 4.32. The van der Waals surface area contributed by atoms with Crippen molar-refractivity contribution < 1.29 is 0 Å². The van der Waals surface area contributed by atoms with Gasteiger partial charge in [0.05, 0.1) is 24.1 Å². The van der Waals surface area contributed by atoms with Gasteiger partial charge in [0, 0.05) is 24.8 Å². The fraction of sp³-hybridized carbons (Fsp3) is 0.0769. The van der Waals surface area contributed by atoms with Crippen LogP contribution in [0.15, 0.2) is 61.3 Å². The fourth-order valence-corrected chi connectivity index (χ4v) is 1.74. The van der Waals surface area contributed by atoms with Crippen molar-refractivity contribution in [2.45, 2.75) is 6.54 Å². The van der Waals surface area contributed by atoms with Gasteiger partial charge in [-0.25, -0.2) is 0 Å². The van der Waals surface area contributed by atoms with E-state index in [1.54, 1.807) is 6.20 Å². The van der Waals surface area contributed by atoms with Gasteiger partial charge in [0.1, 0.15) is 0 Å². The number of pyridine rings is 1. The first-order valence-electron chi connectivity index (χ1n) is 5.47. The molecule has 4 heteroatoms.